The first-order valence-electron chi connectivity index (χ1n) is 9.04. The lowest BCUT2D eigenvalue weighted by molar-refractivity contribution is -0.148. The van der Waals surface area contributed by atoms with Gasteiger partial charge in [-0.3, -0.25) is 4.90 Å². The van der Waals surface area contributed by atoms with Crippen LogP contribution in [0.5, 0.6) is 0 Å². The lowest BCUT2D eigenvalue weighted by atomic mass is 10.2. The van der Waals surface area contributed by atoms with E-state index in [4.69, 9.17) is 13.9 Å². The van der Waals surface area contributed by atoms with Crippen molar-refractivity contribution < 1.29 is 23.5 Å². The number of hydrogen-bond acceptors (Lipinski definition) is 5. The number of nitrogens with zero attached hydrogens (tertiary/aromatic N) is 1. The average molecular weight is 392 g/mol. The van der Waals surface area contributed by atoms with Crippen molar-refractivity contribution in [1.82, 2.24) is 4.90 Å². The molecule has 1 heterocycles. The molecule has 0 saturated carbocycles. The van der Waals surface area contributed by atoms with Crippen LogP contribution in [0.25, 0.3) is 0 Å². The molecule has 0 N–H and O–H groups in total. The second kappa shape index (κ2) is 8.16. The van der Waals surface area contributed by atoms with Crippen LogP contribution in [0.3, 0.4) is 0 Å². The molecule has 1 aromatic rings. The summed E-state index contributed by atoms with van der Waals surface area (Å²) in [6.45, 7) is 11.9. The molecule has 1 amide bonds. The summed E-state index contributed by atoms with van der Waals surface area (Å²) >= 11 is 0. The number of rotatable bonds is 5. The maximum atomic E-state index is 12.6. The Morgan fingerprint density at radius 1 is 1.15 bits per heavy atom. The predicted molar refractivity (Wildman–Crippen MR) is 105 cm³/mol. The molecular weight excluding hydrogens is 362 g/mol. The van der Waals surface area contributed by atoms with E-state index in [0.29, 0.717) is 5.76 Å². The molecule has 0 fully saturated rings. The van der Waals surface area contributed by atoms with Crippen LogP contribution in [0, 0.1) is 0 Å². The van der Waals surface area contributed by atoms with Crippen molar-refractivity contribution in [3.8, 4) is 0 Å². The summed E-state index contributed by atoms with van der Waals surface area (Å²) in [6.07, 6.45) is 1.10. The van der Waals surface area contributed by atoms with Crippen LogP contribution in [0.2, 0.25) is 19.6 Å². The van der Waals surface area contributed by atoms with Crippen LogP contribution in [-0.4, -0.2) is 43.5 Å². The van der Waals surface area contributed by atoms with Crippen LogP contribution in [0.1, 0.15) is 26.3 Å². The quantitative estimate of drug-likeness (QED) is 0.559. The molecule has 0 radical (unpaired) electrons. The summed E-state index contributed by atoms with van der Waals surface area (Å²) < 4.78 is 16.9. The third-order valence-electron chi connectivity index (χ3n) is 3.54. The number of amides is 1. The van der Waals surface area contributed by atoms with Gasteiger partial charge < -0.3 is 13.9 Å². The number of ether oxygens (including phenoxy) is 2. The van der Waals surface area contributed by atoms with E-state index in [1.165, 1.54) is 4.90 Å². The minimum Gasteiger partial charge on any atom is -0.546 e. The Bertz CT molecular complexity index is 703. The molecule has 148 valence electrons. The summed E-state index contributed by atoms with van der Waals surface area (Å²) in [5.74, 6) is 0.112. The van der Waals surface area contributed by atoms with Gasteiger partial charge in [-0.05, 0) is 52.1 Å². The fourth-order valence-corrected chi connectivity index (χ4v) is 3.47. The molecule has 0 unspecified atom stereocenters. The Kier molecular flexibility index (Phi) is 6.36. The highest BCUT2D eigenvalue weighted by atomic mass is 28.4. The van der Waals surface area contributed by atoms with E-state index in [1.54, 1.807) is 26.8 Å². The van der Waals surface area contributed by atoms with Gasteiger partial charge in [0.2, 0.25) is 8.32 Å². The van der Waals surface area contributed by atoms with Crippen LogP contribution in [-0.2, 0) is 25.3 Å². The van der Waals surface area contributed by atoms with Gasteiger partial charge >= 0.3 is 12.1 Å². The summed E-state index contributed by atoms with van der Waals surface area (Å²) in [7, 11) is -1.87. The van der Waals surface area contributed by atoms with Crippen molar-refractivity contribution in [2.24, 2.45) is 0 Å². The van der Waals surface area contributed by atoms with Gasteiger partial charge in [-0.1, -0.05) is 30.3 Å². The third-order valence-corrected chi connectivity index (χ3v) is 4.41. The van der Waals surface area contributed by atoms with Crippen LogP contribution < -0.4 is 0 Å². The molecule has 0 aliphatic carbocycles. The zero-order valence-corrected chi connectivity index (χ0v) is 17.9. The maximum absolute atomic E-state index is 12.6. The second-order valence-corrected chi connectivity index (χ2v) is 12.9. The number of hydrogen-bond donors (Lipinski definition) is 0. The first-order valence-corrected chi connectivity index (χ1v) is 12.5. The first-order chi connectivity index (χ1) is 12.4. The minimum absolute atomic E-state index is 0.149. The normalized spacial score (nSPS) is 17.3. The van der Waals surface area contributed by atoms with Crippen molar-refractivity contribution in [2.45, 2.75) is 58.7 Å². The lowest BCUT2D eigenvalue weighted by Gasteiger charge is -2.28. The molecule has 0 saturated heterocycles. The highest BCUT2D eigenvalue weighted by molar-refractivity contribution is 6.70. The molecular formula is C20H29NO5Si. The average Bonchev–Trinajstić information content (AvgIpc) is 2.94. The Morgan fingerprint density at radius 2 is 1.78 bits per heavy atom. The molecule has 27 heavy (non-hydrogen) atoms. The van der Waals surface area contributed by atoms with Gasteiger partial charge in [-0.15, -0.1) is 0 Å². The van der Waals surface area contributed by atoms with Gasteiger partial charge in [0.25, 0.3) is 0 Å². The van der Waals surface area contributed by atoms with Gasteiger partial charge in [0.15, 0.2) is 6.04 Å². The van der Waals surface area contributed by atoms with Crippen molar-refractivity contribution in [3.05, 3.63) is 47.7 Å². The predicted octanol–water partition coefficient (Wildman–Crippen LogP) is 4.08. The Morgan fingerprint density at radius 3 is 2.33 bits per heavy atom. The van der Waals surface area contributed by atoms with E-state index in [0.717, 1.165) is 5.56 Å². The van der Waals surface area contributed by atoms with Crippen molar-refractivity contribution in [2.75, 3.05) is 6.54 Å². The molecule has 7 heteroatoms. The fraction of sp³-hybridized carbons (Fsp3) is 0.500. The monoisotopic (exact) mass is 391 g/mol. The summed E-state index contributed by atoms with van der Waals surface area (Å²) in [6, 6.07) is 8.56. The number of carbonyl (C=O) groups is 2. The topological polar surface area (TPSA) is 65.1 Å². The van der Waals surface area contributed by atoms with Crippen LogP contribution in [0.15, 0.2) is 42.2 Å². The van der Waals surface area contributed by atoms with Crippen LogP contribution >= 0.6 is 0 Å². The van der Waals surface area contributed by atoms with E-state index < -0.39 is 32.0 Å². The molecule has 2 rings (SSSR count). The van der Waals surface area contributed by atoms with Crippen molar-refractivity contribution in [1.29, 1.82) is 0 Å². The van der Waals surface area contributed by atoms with Crippen LogP contribution in [0.4, 0.5) is 4.79 Å². The number of esters is 1. The highest BCUT2D eigenvalue weighted by Gasteiger charge is 2.39. The standard InChI is InChI=1S/C20H29NO5Si/c1-20(2,3)25-19(23)21-13-16(26-27(4,5)6)12-17(21)18(22)24-14-15-10-8-7-9-11-15/h7-12,17H,13-14H2,1-6H3/t17-/m0/s1. The molecule has 1 aliphatic heterocycles. The van der Waals surface area contributed by atoms with Crippen molar-refractivity contribution in [3.63, 3.8) is 0 Å². The van der Waals surface area contributed by atoms with E-state index >= 15 is 0 Å². The Balaban J connectivity index is 2.12. The molecule has 1 aliphatic rings. The first kappa shape index (κ1) is 21.0. The molecule has 1 aromatic carbocycles. The van der Waals surface area contributed by atoms with E-state index in [1.807, 2.05) is 50.0 Å². The van der Waals surface area contributed by atoms with Gasteiger partial charge in [0, 0.05) is 0 Å². The zero-order valence-electron chi connectivity index (χ0n) is 16.9. The Hall–Kier alpha value is -2.28. The second-order valence-electron chi connectivity index (χ2n) is 8.49. The highest BCUT2D eigenvalue weighted by Crippen LogP contribution is 2.24. The fourth-order valence-electron chi connectivity index (χ4n) is 2.55. The summed E-state index contributed by atoms with van der Waals surface area (Å²) in [5.41, 5.74) is 0.230. The maximum Gasteiger partial charge on any atom is 0.411 e. The van der Waals surface area contributed by atoms with E-state index in [9.17, 15) is 9.59 Å². The summed E-state index contributed by atoms with van der Waals surface area (Å²) in [4.78, 5) is 26.6. The van der Waals surface area contributed by atoms with Gasteiger partial charge in [-0.2, -0.15) is 0 Å². The smallest absolute Gasteiger partial charge is 0.411 e. The molecule has 0 aromatic heterocycles. The molecule has 1 atom stereocenters. The lowest BCUT2D eigenvalue weighted by Crippen LogP contribution is -2.44. The van der Waals surface area contributed by atoms with Gasteiger partial charge in [0.05, 0.1) is 12.3 Å². The summed E-state index contributed by atoms with van der Waals surface area (Å²) in [5, 5.41) is 0. The van der Waals surface area contributed by atoms with E-state index in [-0.39, 0.29) is 13.2 Å². The van der Waals surface area contributed by atoms with Crippen molar-refractivity contribution >= 4 is 20.4 Å². The molecule has 6 nitrogen and oxygen atoms in total. The number of carbonyl (C=O) groups excluding carboxylic acids is 2. The van der Waals surface area contributed by atoms with Gasteiger partial charge in [0.1, 0.15) is 12.2 Å². The largest absolute Gasteiger partial charge is 0.546 e. The third kappa shape index (κ3) is 6.75. The zero-order chi connectivity index (χ0) is 20.2. The minimum atomic E-state index is -1.87. The molecule has 0 bridgehead atoms. The number of benzene rings is 1. The van der Waals surface area contributed by atoms with Gasteiger partial charge in [-0.25, -0.2) is 9.59 Å². The van der Waals surface area contributed by atoms with E-state index in [2.05, 4.69) is 0 Å². The molecule has 0 spiro atoms. The SMILES string of the molecule is CC(C)(C)OC(=O)N1CC(O[Si](C)(C)C)=C[C@H]1C(=O)OCc1ccccc1. The Labute approximate surface area is 162 Å².